The summed E-state index contributed by atoms with van der Waals surface area (Å²) in [4.78, 5) is 21.0. The number of alkyl halides is 2. The second-order valence-electron chi connectivity index (χ2n) is 9.20. The number of rotatable bonds is 9. The zero-order valence-electron chi connectivity index (χ0n) is 18.7. The summed E-state index contributed by atoms with van der Waals surface area (Å²) in [5.41, 5.74) is 1.43. The first kappa shape index (κ1) is 22.4. The van der Waals surface area contributed by atoms with Crippen molar-refractivity contribution in [1.82, 2.24) is 20.1 Å². The van der Waals surface area contributed by atoms with Crippen molar-refractivity contribution in [3.05, 3.63) is 41.9 Å². The Morgan fingerprint density at radius 1 is 1.28 bits per heavy atom. The van der Waals surface area contributed by atoms with E-state index in [2.05, 4.69) is 29.0 Å². The molecule has 1 atom stereocenters. The minimum absolute atomic E-state index is 0.215. The normalized spacial score (nSPS) is 18.2. The monoisotopic (exact) mass is 445 g/mol. The molecule has 0 aromatic carbocycles. The molecule has 0 N–H and O–H groups in total. The van der Waals surface area contributed by atoms with E-state index in [1.807, 2.05) is 6.07 Å². The van der Waals surface area contributed by atoms with Crippen LogP contribution in [-0.4, -0.2) is 58.7 Å². The van der Waals surface area contributed by atoms with Crippen LogP contribution in [0.1, 0.15) is 55.3 Å². The number of amides is 1. The van der Waals surface area contributed by atoms with E-state index < -0.39 is 5.92 Å². The number of carbonyl (C=O) groups is 1. The van der Waals surface area contributed by atoms with Gasteiger partial charge in [0.15, 0.2) is 0 Å². The fourth-order valence-corrected chi connectivity index (χ4v) is 3.80. The van der Waals surface area contributed by atoms with Crippen LogP contribution in [0, 0.1) is 11.8 Å². The minimum Gasteiger partial charge on any atom is -0.476 e. The van der Waals surface area contributed by atoms with E-state index in [4.69, 9.17) is 4.74 Å². The molecule has 4 rings (SSSR count). The molecule has 1 amide bonds. The highest BCUT2D eigenvalue weighted by atomic mass is 19.3. The average molecular weight is 446 g/mol. The summed E-state index contributed by atoms with van der Waals surface area (Å²) in [5, 5.41) is 8.16. The van der Waals surface area contributed by atoms with E-state index in [0.717, 1.165) is 12.8 Å². The van der Waals surface area contributed by atoms with Crippen molar-refractivity contribution < 1.29 is 18.3 Å². The second-order valence-corrected chi connectivity index (χ2v) is 9.20. The smallest absolute Gasteiger partial charge is 0.282 e. The van der Waals surface area contributed by atoms with Crippen molar-refractivity contribution in [1.29, 1.82) is 0 Å². The highest BCUT2D eigenvalue weighted by Gasteiger charge is 2.45. The quantitative estimate of drug-likeness (QED) is 0.582. The SMILES string of the molecule is CC(C)C[C@H](c1cccnn1)N(C)C(=O)c1ccc(N2CC(F)(F)C2)c(OCC2CC2)n1. The molecule has 2 fully saturated rings. The van der Waals surface area contributed by atoms with Crippen LogP contribution in [0.25, 0.3) is 0 Å². The number of carbonyl (C=O) groups excluding carboxylic acids is 1. The first-order valence-corrected chi connectivity index (χ1v) is 11.0. The van der Waals surface area contributed by atoms with Gasteiger partial charge in [-0.05, 0) is 55.4 Å². The molecule has 1 aliphatic heterocycles. The summed E-state index contributed by atoms with van der Waals surface area (Å²) in [6, 6.07) is 6.63. The number of aromatic nitrogens is 3. The molecule has 3 heterocycles. The van der Waals surface area contributed by atoms with E-state index >= 15 is 0 Å². The Hall–Kier alpha value is -2.84. The second kappa shape index (κ2) is 8.96. The summed E-state index contributed by atoms with van der Waals surface area (Å²) < 4.78 is 32.7. The molecular weight excluding hydrogens is 416 g/mol. The van der Waals surface area contributed by atoms with Crippen molar-refractivity contribution in [2.45, 2.75) is 45.1 Å². The summed E-state index contributed by atoms with van der Waals surface area (Å²) in [5.74, 6) is -1.94. The maximum Gasteiger partial charge on any atom is 0.282 e. The third-order valence-corrected chi connectivity index (χ3v) is 5.81. The lowest BCUT2D eigenvalue weighted by Gasteiger charge is -2.40. The third kappa shape index (κ3) is 5.14. The zero-order chi connectivity index (χ0) is 22.9. The van der Waals surface area contributed by atoms with Crippen LogP contribution in [0.5, 0.6) is 5.88 Å². The molecule has 0 spiro atoms. The number of anilines is 1. The number of hydrogen-bond donors (Lipinski definition) is 0. The van der Waals surface area contributed by atoms with Gasteiger partial charge in [0, 0.05) is 13.2 Å². The molecule has 9 heteroatoms. The van der Waals surface area contributed by atoms with E-state index in [1.165, 1.54) is 4.90 Å². The van der Waals surface area contributed by atoms with Crippen LogP contribution >= 0.6 is 0 Å². The highest BCUT2D eigenvalue weighted by molar-refractivity contribution is 5.93. The molecule has 0 radical (unpaired) electrons. The van der Waals surface area contributed by atoms with E-state index in [1.54, 1.807) is 36.3 Å². The Balaban J connectivity index is 1.57. The van der Waals surface area contributed by atoms with Gasteiger partial charge in [-0.25, -0.2) is 13.8 Å². The minimum atomic E-state index is -2.71. The Morgan fingerprint density at radius 2 is 2.03 bits per heavy atom. The average Bonchev–Trinajstić information content (AvgIpc) is 3.58. The fourth-order valence-electron chi connectivity index (χ4n) is 3.80. The Morgan fingerprint density at radius 3 is 2.62 bits per heavy atom. The van der Waals surface area contributed by atoms with Gasteiger partial charge in [-0.1, -0.05) is 13.8 Å². The van der Waals surface area contributed by atoms with Gasteiger partial charge in [-0.2, -0.15) is 10.2 Å². The van der Waals surface area contributed by atoms with Gasteiger partial charge in [0.25, 0.3) is 11.8 Å². The van der Waals surface area contributed by atoms with Crippen LogP contribution in [-0.2, 0) is 0 Å². The Kier molecular flexibility index (Phi) is 6.26. The number of nitrogens with zero attached hydrogens (tertiary/aromatic N) is 5. The predicted octanol–water partition coefficient (Wildman–Crippen LogP) is 3.98. The van der Waals surface area contributed by atoms with E-state index in [9.17, 15) is 13.6 Å². The number of halogens is 2. The molecule has 1 saturated heterocycles. The maximum atomic E-state index is 13.4. The fraction of sp³-hybridized carbons (Fsp3) is 0.565. The number of hydrogen-bond acceptors (Lipinski definition) is 6. The van der Waals surface area contributed by atoms with E-state index in [-0.39, 0.29) is 36.6 Å². The molecule has 2 aliphatic rings. The molecule has 32 heavy (non-hydrogen) atoms. The van der Waals surface area contributed by atoms with Gasteiger partial charge >= 0.3 is 0 Å². The van der Waals surface area contributed by atoms with Gasteiger partial charge in [0.1, 0.15) is 11.4 Å². The third-order valence-electron chi connectivity index (χ3n) is 5.81. The molecule has 7 nitrogen and oxygen atoms in total. The molecule has 0 unspecified atom stereocenters. The summed E-state index contributed by atoms with van der Waals surface area (Å²) >= 11 is 0. The van der Waals surface area contributed by atoms with Crippen molar-refractivity contribution in [2.24, 2.45) is 11.8 Å². The summed E-state index contributed by atoms with van der Waals surface area (Å²) in [6.45, 7) is 3.91. The molecule has 1 aliphatic carbocycles. The van der Waals surface area contributed by atoms with Crippen LogP contribution in [0.2, 0.25) is 0 Å². The molecule has 0 bridgehead atoms. The highest BCUT2D eigenvalue weighted by Crippen LogP contribution is 2.38. The van der Waals surface area contributed by atoms with E-state index in [0.29, 0.717) is 36.2 Å². The standard InChI is InChI=1S/C23H29F2N5O2/c1-15(2)11-20(17-5-4-10-26-28-17)29(3)22(31)18-8-9-19(30-13-23(24,25)14-30)21(27-18)32-12-16-6-7-16/h4-5,8-10,15-16,20H,6-7,11-14H2,1-3H3/t20-/m1/s1. The summed E-state index contributed by atoms with van der Waals surface area (Å²) in [6.07, 6.45) is 4.49. The first-order chi connectivity index (χ1) is 15.2. The van der Waals surface area contributed by atoms with Gasteiger partial charge in [0.05, 0.1) is 31.4 Å². The molecule has 2 aromatic rings. The predicted molar refractivity (Wildman–Crippen MR) is 116 cm³/mol. The van der Waals surface area contributed by atoms with Gasteiger partial charge < -0.3 is 14.5 Å². The lowest BCUT2D eigenvalue weighted by Crippen LogP contribution is -2.56. The van der Waals surface area contributed by atoms with Crippen LogP contribution in [0.3, 0.4) is 0 Å². The van der Waals surface area contributed by atoms with Gasteiger partial charge in [0.2, 0.25) is 5.88 Å². The summed E-state index contributed by atoms with van der Waals surface area (Å²) in [7, 11) is 1.72. The van der Waals surface area contributed by atoms with Crippen LogP contribution in [0.4, 0.5) is 14.5 Å². The van der Waals surface area contributed by atoms with Crippen molar-refractivity contribution in [3.63, 3.8) is 0 Å². The van der Waals surface area contributed by atoms with Crippen LogP contribution < -0.4 is 9.64 Å². The van der Waals surface area contributed by atoms with Gasteiger partial charge in [-0.15, -0.1) is 0 Å². The zero-order valence-corrected chi connectivity index (χ0v) is 18.7. The lowest BCUT2D eigenvalue weighted by molar-refractivity contribution is -0.0265. The molecule has 2 aromatic heterocycles. The first-order valence-electron chi connectivity index (χ1n) is 11.0. The Bertz CT molecular complexity index is 945. The number of ether oxygens (including phenoxy) is 1. The maximum absolute atomic E-state index is 13.4. The number of pyridine rings is 1. The Labute approximate surface area is 186 Å². The topological polar surface area (TPSA) is 71.5 Å². The molecular formula is C23H29F2N5O2. The van der Waals surface area contributed by atoms with Gasteiger partial charge in [-0.3, -0.25) is 4.79 Å². The lowest BCUT2D eigenvalue weighted by atomic mass is 9.99. The molecule has 172 valence electrons. The largest absolute Gasteiger partial charge is 0.476 e. The molecule has 1 saturated carbocycles. The van der Waals surface area contributed by atoms with Crippen LogP contribution in [0.15, 0.2) is 30.5 Å². The van der Waals surface area contributed by atoms with Crippen molar-refractivity contribution in [2.75, 3.05) is 31.6 Å². The van der Waals surface area contributed by atoms with Crippen molar-refractivity contribution >= 4 is 11.6 Å². The van der Waals surface area contributed by atoms with Crippen molar-refractivity contribution in [3.8, 4) is 5.88 Å².